The Kier molecular flexibility index (Phi) is 4.07. The van der Waals surface area contributed by atoms with Gasteiger partial charge in [-0.2, -0.15) is 0 Å². The van der Waals surface area contributed by atoms with E-state index in [-0.39, 0.29) is 22.4 Å². The highest BCUT2D eigenvalue weighted by molar-refractivity contribution is 5.93. The highest BCUT2D eigenvalue weighted by Crippen LogP contribution is 2.43. The molecule has 0 saturated heterocycles. The van der Waals surface area contributed by atoms with Crippen molar-refractivity contribution < 1.29 is 4.79 Å². The molecule has 1 N–H and O–H groups in total. The van der Waals surface area contributed by atoms with Crippen molar-refractivity contribution in [1.29, 1.82) is 0 Å². The molecule has 2 aromatic heterocycles. The molecule has 1 saturated carbocycles. The minimum atomic E-state index is -0.361. The van der Waals surface area contributed by atoms with Crippen LogP contribution in [-0.2, 0) is 5.41 Å². The molecular formula is C21H21N3O2. The van der Waals surface area contributed by atoms with Crippen LogP contribution in [0, 0.1) is 6.92 Å². The lowest BCUT2D eigenvalue weighted by molar-refractivity contribution is 0.0926. The molecular weight excluding hydrogens is 326 g/mol. The van der Waals surface area contributed by atoms with Crippen LogP contribution in [0.25, 0.3) is 5.65 Å². The molecule has 1 fully saturated rings. The molecule has 1 aromatic carbocycles. The Hall–Kier alpha value is -2.95. The number of amides is 1. The lowest BCUT2D eigenvalue weighted by atomic mass is 9.64. The van der Waals surface area contributed by atoms with Gasteiger partial charge in [-0.05, 0) is 37.0 Å². The summed E-state index contributed by atoms with van der Waals surface area (Å²) in [6.07, 6.45) is 6.33. The Labute approximate surface area is 151 Å². The molecule has 0 unspecified atom stereocenters. The van der Waals surface area contributed by atoms with Crippen molar-refractivity contribution in [2.75, 3.05) is 6.54 Å². The van der Waals surface area contributed by atoms with E-state index in [2.05, 4.69) is 22.4 Å². The van der Waals surface area contributed by atoms with Crippen LogP contribution >= 0.6 is 0 Å². The number of carbonyl (C=O) groups is 1. The van der Waals surface area contributed by atoms with E-state index in [9.17, 15) is 9.59 Å². The summed E-state index contributed by atoms with van der Waals surface area (Å²) >= 11 is 0. The molecule has 132 valence electrons. The summed E-state index contributed by atoms with van der Waals surface area (Å²) in [6, 6.07) is 13.9. The fourth-order valence-corrected chi connectivity index (χ4v) is 3.65. The van der Waals surface area contributed by atoms with Crippen LogP contribution in [0.1, 0.15) is 40.7 Å². The number of carbonyl (C=O) groups excluding carboxylic acids is 1. The van der Waals surface area contributed by atoms with Crippen LogP contribution in [-0.4, -0.2) is 21.8 Å². The summed E-state index contributed by atoms with van der Waals surface area (Å²) in [5.74, 6) is -0.361. The number of hydrogen-bond donors (Lipinski definition) is 1. The van der Waals surface area contributed by atoms with Crippen molar-refractivity contribution in [3.63, 3.8) is 0 Å². The van der Waals surface area contributed by atoms with Crippen LogP contribution in [0.2, 0.25) is 0 Å². The number of hydrogen-bond acceptors (Lipinski definition) is 3. The molecule has 0 radical (unpaired) electrons. The summed E-state index contributed by atoms with van der Waals surface area (Å²) in [5.41, 5.74) is 2.45. The van der Waals surface area contributed by atoms with Crippen molar-refractivity contribution in [2.45, 2.75) is 31.6 Å². The van der Waals surface area contributed by atoms with E-state index in [1.165, 1.54) is 16.2 Å². The monoisotopic (exact) mass is 347 g/mol. The smallest absolute Gasteiger partial charge is 0.270 e. The van der Waals surface area contributed by atoms with E-state index in [4.69, 9.17) is 0 Å². The normalized spacial score (nSPS) is 15.4. The first-order valence-electron chi connectivity index (χ1n) is 8.91. The Balaban J connectivity index is 1.58. The Morgan fingerprint density at radius 2 is 1.96 bits per heavy atom. The van der Waals surface area contributed by atoms with Gasteiger partial charge >= 0.3 is 0 Å². The quantitative estimate of drug-likeness (QED) is 0.789. The van der Waals surface area contributed by atoms with Gasteiger partial charge in [0, 0.05) is 24.4 Å². The van der Waals surface area contributed by atoms with E-state index in [1.54, 1.807) is 12.3 Å². The van der Waals surface area contributed by atoms with Crippen molar-refractivity contribution in [3.8, 4) is 0 Å². The third-order valence-corrected chi connectivity index (χ3v) is 5.38. The Morgan fingerprint density at radius 3 is 2.65 bits per heavy atom. The molecule has 0 bridgehead atoms. The fraction of sp³-hybridized carbons (Fsp3) is 0.286. The average molecular weight is 347 g/mol. The van der Waals surface area contributed by atoms with Crippen molar-refractivity contribution in [2.24, 2.45) is 0 Å². The fourth-order valence-electron chi connectivity index (χ4n) is 3.65. The number of nitrogens with one attached hydrogen (secondary N) is 1. The Bertz CT molecular complexity index is 1020. The van der Waals surface area contributed by atoms with E-state index in [0.29, 0.717) is 12.2 Å². The second-order valence-electron chi connectivity index (χ2n) is 7.09. The summed E-state index contributed by atoms with van der Waals surface area (Å²) in [7, 11) is 0. The highest BCUT2D eigenvalue weighted by Gasteiger charge is 2.38. The minimum Gasteiger partial charge on any atom is -0.351 e. The zero-order valence-corrected chi connectivity index (χ0v) is 14.7. The van der Waals surface area contributed by atoms with Gasteiger partial charge in [0.05, 0.1) is 0 Å². The van der Waals surface area contributed by atoms with Crippen molar-refractivity contribution in [3.05, 3.63) is 81.9 Å². The molecule has 1 aliphatic carbocycles. The molecule has 4 rings (SSSR count). The number of pyridine rings is 1. The molecule has 1 amide bonds. The van der Waals surface area contributed by atoms with Crippen LogP contribution in [0.15, 0.2) is 59.7 Å². The maximum Gasteiger partial charge on any atom is 0.270 e. The first-order valence-corrected chi connectivity index (χ1v) is 8.91. The Morgan fingerprint density at radius 1 is 1.19 bits per heavy atom. The molecule has 1 aliphatic rings. The SMILES string of the molecule is Cc1ccc2ncc(C(=O)NCC3(c4ccccc4)CCC3)c(=O)n2c1. The molecule has 3 aromatic rings. The summed E-state index contributed by atoms with van der Waals surface area (Å²) in [5, 5.41) is 2.97. The van der Waals surface area contributed by atoms with E-state index in [1.807, 2.05) is 31.2 Å². The van der Waals surface area contributed by atoms with Gasteiger partial charge in [0.2, 0.25) is 0 Å². The standard InChI is InChI=1S/C21H21N3O2/c1-15-8-9-18-22-12-17(20(26)24(18)13-15)19(25)23-14-21(10-5-11-21)16-6-3-2-4-7-16/h2-4,6-9,12-13H,5,10-11,14H2,1H3,(H,23,25). The molecule has 5 heteroatoms. The molecule has 26 heavy (non-hydrogen) atoms. The van der Waals surface area contributed by atoms with Gasteiger partial charge in [0.25, 0.3) is 11.5 Å². The number of rotatable bonds is 4. The van der Waals surface area contributed by atoms with Gasteiger partial charge < -0.3 is 5.32 Å². The number of fused-ring (bicyclic) bond motifs is 1. The van der Waals surface area contributed by atoms with Gasteiger partial charge in [0.15, 0.2) is 0 Å². The maximum atomic E-state index is 12.7. The zero-order chi connectivity index (χ0) is 18.1. The summed E-state index contributed by atoms with van der Waals surface area (Å²) < 4.78 is 1.43. The zero-order valence-electron chi connectivity index (χ0n) is 14.7. The third kappa shape index (κ3) is 2.79. The van der Waals surface area contributed by atoms with Crippen LogP contribution in [0.3, 0.4) is 0 Å². The number of aryl methyl sites for hydroxylation is 1. The third-order valence-electron chi connectivity index (χ3n) is 5.38. The van der Waals surface area contributed by atoms with E-state index >= 15 is 0 Å². The highest BCUT2D eigenvalue weighted by atomic mass is 16.2. The molecule has 5 nitrogen and oxygen atoms in total. The second kappa shape index (κ2) is 6.41. The number of aromatic nitrogens is 2. The van der Waals surface area contributed by atoms with Gasteiger partial charge in [-0.25, -0.2) is 4.98 Å². The van der Waals surface area contributed by atoms with Crippen LogP contribution in [0.4, 0.5) is 0 Å². The maximum absolute atomic E-state index is 12.7. The van der Waals surface area contributed by atoms with Crippen molar-refractivity contribution in [1.82, 2.24) is 14.7 Å². The molecule has 0 atom stereocenters. The largest absolute Gasteiger partial charge is 0.351 e. The first-order chi connectivity index (χ1) is 12.6. The van der Waals surface area contributed by atoms with Gasteiger partial charge in [-0.1, -0.05) is 42.8 Å². The van der Waals surface area contributed by atoms with E-state index in [0.717, 1.165) is 24.8 Å². The topological polar surface area (TPSA) is 63.5 Å². The molecule has 0 spiro atoms. The van der Waals surface area contributed by atoms with Gasteiger partial charge in [0.1, 0.15) is 11.2 Å². The summed E-state index contributed by atoms with van der Waals surface area (Å²) in [6.45, 7) is 2.44. The number of benzene rings is 1. The van der Waals surface area contributed by atoms with Crippen LogP contribution < -0.4 is 10.9 Å². The lowest BCUT2D eigenvalue weighted by Crippen LogP contribution is -2.46. The average Bonchev–Trinajstić information content (AvgIpc) is 2.62. The lowest BCUT2D eigenvalue weighted by Gasteiger charge is -2.42. The minimum absolute atomic E-state index is 0.0199. The van der Waals surface area contributed by atoms with Gasteiger partial charge in [-0.3, -0.25) is 14.0 Å². The second-order valence-corrected chi connectivity index (χ2v) is 7.09. The van der Waals surface area contributed by atoms with Gasteiger partial charge in [-0.15, -0.1) is 0 Å². The molecule has 0 aliphatic heterocycles. The molecule has 2 heterocycles. The number of nitrogens with zero attached hydrogens (tertiary/aromatic N) is 2. The summed E-state index contributed by atoms with van der Waals surface area (Å²) in [4.78, 5) is 29.6. The van der Waals surface area contributed by atoms with Crippen molar-refractivity contribution >= 4 is 11.6 Å². The predicted octanol–water partition coefficient (Wildman–Crippen LogP) is 2.85. The van der Waals surface area contributed by atoms with E-state index < -0.39 is 0 Å². The van der Waals surface area contributed by atoms with Crippen LogP contribution in [0.5, 0.6) is 0 Å². The predicted molar refractivity (Wildman–Crippen MR) is 101 cm³/mol. The first kappa shape index (κ1) is 16.5.